The third-order valence-corrected chi connectivity index (χ3v) is 2.94. The fourth-order valence-corrected chi connectivity index (χ4v) is 1.93. The van der Waals surface area contributed by atoms with E-state index >= 15 is 0 Å². The van der Waals surface area contributed by atoms with Gasteiger partial charge in [0, 0.05) is 25.2 Å². The van der Waals surface area contributed by atoms with Crippen molar-refractivity contribution in [3.05, 3.63) is 0 Å². The molecule has 3 nitrogen and oxygen atoms in total. The number of ether oxygens (including phenoxy) is 1. The molecule has 1 fully saturated rings. The van der Waals surface area contributed by atoms with Crippen molar-refractivity contribution in [3.63, 3.8) is 0 Å². The number of alkyl halides is 3. The van der Waals surface area contributed by atoms with Crippen LogP contribution in [0.15, 0.2) is 0 Å². The lowest BCUT2D eigenvalue weighted by atomic mass is 9.79. The summed E-state index contributed by atoms with van der Waals surface area (Å²) in [5.41, 5.74) is -0.302. The summed E-state index contributed by atoms with van der Waals surface area (Å²) in [5, 5.41) is 12.4. The second-order valence-corrected chi connectivity index (χ2v) is 4.36. The number of halogens is 3. The Balaban J connectivity index is 2.23. The highest BCUT2D eigenvalue weighted by Gasteiger charge is 2.32. The number of piperidine rings is 1. The first-order valence-electron chi connectivity index (χ1n) is 5.44. The van der Waals surface area contributed by atoms with Crippen LogP contribution >= 0.6 is 0 Å². The Hall–Kier alpha value is -0.330. The van der Waals surface area contributed by atoms with Gasteiger partial charge in [-0.05, 0) is 25.8 Å². The van der Waals surface area contributed by atoms with Gasteiger partial charge in [0.25, 0.3) is 0 Å². The second-order valence-electron chi connectivity index (χ2n) is 4.36. The van der Waals surface area contributed by atoms with Crippen molar-refractivity contribution < 1.29 is 23.0 Å². The van der Waals surface area contributed by atoms with Crippen molar-refractivity contribution in [3.8, 4) is 0 Å². The Morgan fingerprint density at radius 3 is 2.62 bits per heavy atom. The first kappa shape index (κ1) is 13.7. The molecule has 0 aromatic carbocycles. The quantitative estimate of drug-likeness (QED) is 0.713. The lowest BCUT2D eigenvalue weighted by Crippen LogP contribution is -2.43. The van der Waals surface area contributed by atoms with Crippen LogP contribution < -0.4 is 5.32 Å². The van der Waals surface area contributed by atoms with E-state index in [2.05, 4.69) is 10.1 Å². The maximum atomic E-state index is 11.8. The van der Waals surface area contributed by atoms with Gasteiger partial charge in [0.1, 0.15) is 6.61 Å². The Labute approximate surface area is 93.0 Å². The molecule has 0 spiro atoms. The van der Waals surface area contributed by atoms with E-state index in [0.29, 0.717) is 13.0 Å². The van der Waals surface area contributed by atoms with E-state index in [0.717, 1.165) is 19.4 Å². The van der Waals surface area contributed by atoms with Gasteiger partial charge in [0.05, 0.1) is 0 Å². The van der Waals surface area contributed by atoms with Crippen molar-refractivity contribution in [1.29, 1.82) is 0 Å². The molecule has 0 amide bonds. The molecule has 1 heterocycles. The molecular weight excluding hydrogens is 223 g/mol. The highest BCUT2D eigenvalue weighted by molar-refractivity contribution is 4.84. The number of aliphatic hydroxyl groups excluding tert-OH is 1. The topological polar surface area (TPSA) is 41.5 Å². The number of hydrogen-bond donors (Lipinski definition) is 2. The highest BCUT2D eigenvalue weighted by atomic mass is 19.4. The zero-order valence-electron chi connectivity index (χ0n) is 9.15. The molecule has 1 rings (SSSR count). The standard InChI is InChI=1S/C10H18F3NO2/c11-10(12,13)8-16-5-3-9(7-15)2-1-4-14-6-9/h14-15H,1-8H2. The van der Waals surface area contributed by atoms with Crippen LogP contribution in [0.1, 0.15) is 19.3 Å². The summed E-state index contributed by atoms with van der Waals surface area (Å²) in [4.78, 5) is 0. The Morgan fingerprint density at radius 1 is 1.38 bits per heavy atom. The van der Waals surface area contributed by atoms with Crippen LogP contribution in [0.4, 0.5) is 13.2 Å². The van der Waals surface area contributed by atoms with Gasteiger partial charge >= 0.3 is 6.18 Å². The van der Waals surface area contributed by atoms with E-state index in [4.69, 9.17) is 0 Å². The summed E-state index contributed by atoms with van der Waals surface area (Å²) < 4.78 is 40.0. The minimum absolute atomic E-state index is 0.00459. The van der Waals surface area contributed by atoms with Crippen molar-refractivity contribution >= 4 is 0 Å². The monoisotopic (exact) mass is 241 g/mol. The number of nitrogens with one attached hydrogen (secondary N) is 1. The fourth-order valence-electron chi connectivity index (χ4n) is 1.93. The van der Waals surface area contributed by atoms with Crippen LogP contribution in [-0.2, 0) is 4.74 Å². The predicted octanol–water partition coefficient (Wildman–Crippen LogP) is 1.32. The average Bonchev–Trinajstić information content (AvgIpc) is 2.25. The molecule has 0 saturated carbocycles. The summed E-state index contributed by atoms with van der Waals surface area (Å²) in [6, 6.07) is 0. The molecule has 2 N–H and O–H groups in total. The highest BCUT2D eigenvalue weighted by Crippen LogP contribution is 2.29. The summed E-state index contributed by atoms with van der Waals surface area (Å²) in [5.74, 6) is 0. The summed E-state index contributed by atoms with van der Waals surface area (Å²) in [7, 11) is 0. The van der Waals surface area contributed by atoms with Gasteiger partial charge < -0.3 is 15.2 Å². The first-order valence-corrected chi connectivity index (χ1v) is 5.44. The third-order valence-electron chi connectivity index (χ3n) is 2.94. The molecule has 0 radical (unpaired) electrons. The summed E-state index contributed by atoms with van der Waals surface area (Å²) in [6.07, 6.45) is -2.02. The Bertz CT molecular complexity index is 203. The molecule has 1 unspecified atom stereocenters. The Morgan fingerprint density at radius 2 is 2.12 bits per heavy atom. The molecule has 16 heavy (non-hydrogen) atoms. The van der Waals surface area contributed by atoms with Crippen molar-refractivity contribution in [2.24, 2.45) is 5.41 Å². The molecular formula is C10H18F3NO2. The van der Waals surface area contributed by atoms with E-state index in [-0.39, 0.29) is 18.6 Å². The molecule has 1 saturated heterocycles. The van der Waals surface area contributed by atoms with Crippen molar-refractivity contribution in [1.82, 2.24) is 5.32 Å². The molecule has 6 heteroatoms. The van der Waals surface area contributed by atoms with Crippen LogP contribution in [-0.4, -0.2) is 44.2 Å². The molecule has 1 aliphatic heterocycles. The molecule has 96 valence electrons. The van der Waals surface area contributed by atoms with E-state index < -0.39 is 12.8 Å². The Kier molecular flexibility index (Phi) is 5.01. The average molecular weight is 241 g/mol. The number of rotatable bonds is 5. The van der Waals surface area contributed by atoms with Crippen LogP contribution in [0.25, 0.3) is 0 Å². The zero-order chi connectivity index (χ0) is 12.1. The minimum atomic E-state index is -4.27. The van der Waals surface area contributed by atoms with Gasteiger partial charge in [-0.15, -0.1) is 0 Å². The first-order chi connectivity index (χ1) is 7.47. The minimum Gasteiger partial charge on any atom is -0.396 e. The van der Waals surface area contributed by atoms with Crippen molar-refractivity contribution in [2.45, 2.75) is 25.4 Å². The fraction of sp³-hybridized carbons (Fsp3) is 1.00. The normalized spacial score (nSPS) is 27.0. The molecule has 1 aliphatic rings. The van der Waals surface area contributed by atoms with E-state index in [9.17, 15) is 18.3 Å². The van der Waals surface area contributed by atoms with Gasteiger partial charge in [-0.25, -0.2) is 0 Å². The van der Waals surface area contributed by atoms with Crippen LogP contribution in [0.5, 0.6) is 0 Å². The molecule has 0 aliphatic carbocycles. The van der Waals surface area contributed by atoms with Gasteiger partial charge in [-0.2, -0.15) is 13.2 Å². The third kappa shape index (κ3) is 4.67. The maximum absolute atomic E-state index is 11.8. The zero-order valence-corrected chi connectivity index (χ0v) is 9.15. The molecule has 1 atom stereocenters. The molecule has 0 aromatic heterocycles. The van der Waals surface area contributed by atoms with Gasteiger partial charge in [0.15, 0.2) is 0 Å². The van der Waals surface area contributed by atoms with Crippen molar-refractivity contribution in [2.75, 3.05) is 32.9 Å². The van der Waals surface area contributed by atoms with E-state index in [1.807, 2.05) is 0 Å². The van der Waals surface area contributed by atoms with Crippen LogP contribution in [0.2, 0.25) is 0 Å². The number of aliphatic hydroxyl groups is 1. The largest absolute Gasteiger partial charge is 0.411 e. The molecule has 0 bridgehead atoms. The van der Waals surface area contributed by atoms with Crippen LogP contribution in [0, 0.1) is 5.41 Å². The summed E-state index contributed by atoms with van der Waals surface area (Å²) in [6.45, 7) is 0.392. The van der Waals surface area contributed by atoms with Gasteiger partial charge in [-0.1, -0.05) is 0 Å². The smallest absolute Gasteiger partial charge is 0.396 e. The SMILES string of the molecule is OCC1(CCOCC(F)(F)F)CCCNC1. The van der Waals surface area contributed by atoms with Gasteiger partial charge in [0.2, 0.25) is 0 Å². The van der Waals surface area contributed by atoms with E-state index in [1.54, 1.807) is 0 Å². The summed E-state index contributed by atoms with van der Waals surface area (Å²) >= 11 is 0. The predicted molar refractivity (Wildman–Crippen MR) is 53.1 cm³/mol. The number of hydrogen-bond acceptors (Lipinski definition) is 3. The lowest BCUT2D eigenvalue weighted by molar-refractivity contribution is -0.176. The molecule has 0 aromatic rings. The second kappa shape index (κ2) is 5.84. The van der Waals surface area contributed by atoms with E-state index in [1.165, 1.54) is 0 Å². The van der Waals surface area contributed by atoms with Gasteiger partial charge in [-0.3, -0.25) is 0 Å². The van der Waals surface area contributed by atoms with Crippen LogP contribution in [0.3, 0.4) is 0 Å². The lowest BCUT2D eigenvalue weighted by Gasteiger charge is -2.36. The maximum Gasteiger partial charge on any atom is 0.411 e.